The van der Waals surface area contributed by atoms with Gasteiger partial charge in [-0.1, -0.05) is 284 Å². The van der Waals surface area contributed by atoms with Gasteiger partial charge < -0.3 is 20.1 Å². The summed E-state index contributed by atoms with van der Waals surface area (Å²) in [6, 6.07) is 0. The highest BCUT2D eigenvalue weighted by atomic mass is 31.2. The number of carbonyl (C=O) groups excluding carboxylic acids is 2. The van der Waals surface area contributed by atoms with Crippen molar-refractivity contribution in [2.75, 3.05) is 26.4 Å². The van der Waals surface area contributed by atoms with Gasteiger partial charge >= 0.3 is 19.8 Å². The fraction of sp³-hybridized carbons (Fsp3) is 0.710. The van der Waals surface area contributed by atoms with Crippen LogP contribution in [-0.2, 0) is 32.7 Å². The number of allylic oxidation sites excluding steroid dienone is 18. The van der Waals surface area contributed by atoms with Gasteiger partial charge in [-0.25, -0.2) is 4.57 Å². The zero-order chi connectivity index (χ0) is 57.3. The Morgan fingerprint density at radius 3 is 0.975 bits per heavy atom. The molecule has 454 valence electrons. The average Bonchev–Trinajstić information content (AvgIpc) is 3.44. The molecule has 0 saturated heterocycles. The number of phosphoric ester groups is 1. The summed E-state index contributed by atoms with van der Waals surface area (Å²) in [7, 11) is -4.39. The summed E-state index contributed by atoms with van der Waals surface area (Å²) in [6.07, 6.45) is 87.5. The fourth-order valence-electron chi connectivity index (χ4n) is 8.95. The highest BCUT2D eigenvalue weighted by Crippen LogP contribution is 2.43. The number of unbranched alkanes of at least 4 members (excludes halogenated alkanes) is 29. The van der Waals surface area contributed by atoms with E-state index >= 15 is 0 Å². The van der Waals surface area contributed by atoms with Crippen LogP contribution < -0.4 is 5.73 Å². The van der Waals surface area contributed by atoms with Crippen LogP contribution in [0.5, 0.6) is 0 Å². The molecule has 0 aliphatic rings. The third-order valence-corrected chi connectivity index (χ3v) is 14.6. The van der Waals surface area contributed by atoms with E-state index in [0.29, 0.717) is 6.42 Å². The number of hydrogen-bond donors (Lipinski definition) is 2. The van der Waals surface area contributed by atoms with Crippen LogP contribution >= 0.6 is 7.82 Å². The van der Waals surface area contributed by atoms with Crippen LogP contribution in [0.1, 0.15) is 284 Å². The summed E-state index contributed by atoms with van der Waals surface area (Å²) in [5.41, 5.74) is 5.39. The van der Waals surface area contributed by atoms with Gasteiger partial charge in [-0.15, -0.1) is 0 Å². The SMILES string of the molecule is CC/C=C\C/C=C\C/C=C\C/C=C\C/C=C\C/C=C\CCCCCCCCCCCCCCCCCCCCCCCCC(=O)OC(COC(=O)CCCCCCCCC/C=C\C/C=C\C/C=C\CC)COP(=O)(O)OCCN. The number of hydrogen-bond acceptors (Lipinski definition) is 8. The number of carbonyl (C=O) groups is 2. The second kappa shape index (κ2) is 63.8. The monoisotopic (exact) mass is 1120 g/mol. The van der Waals surface area contributed by atoms with Gasteiger partial charge in [0.1, 0.15) is 6.61 Å². The van der Waals surface area contributed by atoms with Crippen molar-refractivity contribution in [1.29, 1.82) is 0 Å². The predicted octanol–water partition coefficient (Wildman–Crippen LogP) is 21.0. The van der Waals surface area contributed by atoms with Crippen LogP contribution in [0, 0.1) is 0 Å². The molecule has 0 spiro atoms. The lowest BCUT2D eigenvalue weighted by molar-refractivity contribution is -0.161. The third kappa shape index (κ3) is 63.7. The Kier molecular flexibility index (Phi) is 61.2. The number of phosphoric acid groups is 1. The molecular weight excluding hydrogens is 1000 g/mol. The van der Waals surface area contributed by atoms with Crippen molar-refractivity contribution in [3.05, 3.63) is 109 Å². The van der Waals surface area contributed by atoms with E-state index in [2.05, 4.69) is 123 Å². The Morgan fingerprint density at radius 2 is 0.658 bits per heavy atom. The average molecular weight is 1120 g/mol. The molecule has 0 rings (SSSR count). The lowest BCUT2D eigenvalue weighted by Crippen LogP contribution is -2.29. The minimum absolute atomic E-state index is 0.0495. The summed E-state index contributed by atoms with van der Waals surface area (Å²) in [5, 5.41) is 0. The summed E-state index contributed by atoms with van der Waals surface area (Å²) in [5.74, 6) is -0.834. The molecule has 0 aromatic carbocycles. The lowest BCUT2D eigenvalue weighted by atomic mass is 10.0. The van der Waals surface area contributed by atoms with Crippen LogP contribution in [-0.4, -0.2) is 49.3 Å². The molecule has 0 bridgehead atoms. The first-order chi connectivity index (χ1) is 38.8. The number of nitrogens with two attached hydrogens (primary N) is 1. The van der Waals surface area contributed by atoms with E-state index in [4.69, 9.17) is 24.3 Å². The molecule has 3 N–H and O–H groups in total. The van der Waals surface area contributed by atoms with E-state index in [1.165, 1.54) is 141 Å². The molecule has 0 amide bonds. The van der Waals surface area contributed by atoms with E-state index in [1.807, 2.05) is 0 Å². The Hall–Kier alpha value is -3.33. The molecule has 0 saturated carbocycles. The van der Waals surface area contributed by atoms with Crippen LogP contribution in [0.15, 0.2) is 109 Å². The zero-order valence-electron chi connectivity index (χ0n) is 50.8. The van der Waals surface area contributed by atoms with Gasteiger partial charge in [-0.3, -0.25) is 18.6 Å². The Labute approximate surface area is 486 Å². The number of esters is 2. The van der Waals surface area contributed by atoms with Crippen LogP contribution in [0.25, 0.3) is 0 Å². The van der Waals surface area contributed by atoms with Crippen molar-refractivity contribution in [2.24, 2.45) is 5.73 Å². The van der Waals surface area contributed by atoms with Crippen molar-refractivity contribution in [2.45, 2.75) is 290 Å². The molecule has 0 aromatic heterocycles. The topological polar surface area (TPSA) is 134 Å². The van der Waals surface area contributed by atoms with E-state index in [1.54, 1.807) is 0 Å². The van der Waals surface area contributed by atoms with Gasteiger partial charge in [0.25, 0.3) is 0 Å². The lowest BCUT2D eigenvalue weighted by Gasteiger charge is -2.19. The molecule has 0 aliphatic carbocycles. The third-order valence-electron chi connectivity index (χ3n) is 13.7. The van der Waals surface area contributed by atoms with Crippen molar-refractivity contribution in [1.82, 2.24) is 0 Å². The van der Waals surface area contributed by atoms with Gasteiger partial charge in [0.15, 0.2) is 6.10 Å². The van der Waals surface area contributed by atoms with E-state index in [-0.39, 0.29) is 38.6 Å². The minimum atomic E-state index is -4.39. The normalized spacial score (nSPS) is 13.7. The Bertz CT molecular complexity index is 1660. The summed E-state index contributed by atoms with van der Waals surface area (Å²) < 4.78 is 33.1. The molecule has 0 radical (unpaired) electrons. The van der Waals surface area contributed by atoms with Crippen LogP contribution in [0.3, 0.4) is 0 Å². The molecule has 2 unspecified atom stereocenters. The maximum absolute atomic E-state index is 12.7. The maximum Gasteiger partial charge on any atom is 0.472 e. The smallest absolute Gasteiger partial charge is 0.462 e. The first kappa shape index (κ1) is 75.7. The van der Waals surface area contributed by atoms with E-state index in [9.17, 15) is 19.0 Å². The molecule has 0 fully saturated rings. The van der Waals surface area contributed by atoms with Gasteiger partial charge in [0, 0.05) is 19.4 Å². The highest BCUT2D eigenvalue weighted by molar-refractivity contribution is 7.47. The summed E-state index contributed by atoms with van der Waals surface area (Å²) in [4.78, 5) is 35.2. The molecule has 9 nitrogen and oxygen atoms in total. The Balaban J connectivity index is 3.81. The zero-order valence-corrected chi connectivity index (χ0v) is 51.7. The predicted molar refractivity (Wildman–Crippen MR) is 339 cm³/mol. The summed E-state index contributed by atoms with van der Waals surface area (Å²) in [6.45, 7) is 3.52. The van der Waals surface area contributed by atoms with Gasteiger partial charge in [0.2, 0.25) is 0 Å². The standard InChI is InChI=1S/C69H120NO8P/c1-3-5-7-9-11-13-15-17-19-21-22-23-24-25-26-27-28-29-30-31-32-33-34-35-36-37-38-39-40-41-42-43-44-46-48-50-52-54-56-58-60-62-69(72)78-67(66-77-79(73,74)76-64-63-70)65-75-68(71)61-59-57-55-53-51-49-47-45-20-18-16-14-12-10-8-6-4-2/h5-8,11-14,17-20,22-23,25-26,28-29,67H,3-4,9-10,15-16,21,24,27,30-66,70H2,1-2H3,(H,73,74)/b7-5-,8-6-,13-11-,14-12-,19-17-,20-18-,23-22-,26-25-,29-28-. The minimum Gasteiger partial charge on any atom is -0.462 e. The number of ether oxygens (including phenoxy) is 2. The molecule has 10 heteroatoms. The van der Waals surface area contributed by atoms with Gasteiger partial charge in [0.05, 0.1) is 13.2 Å². The first-order valence-electron chi connectivity index (χ1n) is 32.4. The largest absolute Gasteiger partial charge is 0.472 e. The quantitative estimate of drug-likeness (QED) is 0.0264. The van der Waals surface area contributed by atoms with Crippen molar-refractivity contribution in [3.8, 4) is 0 Å². The van der Waals surface area contributed by atoms with E-state index in [0.717, 1.165) is 109 Å². The molecule has 79 heavy (non-hydrogen) atoms. The van der Waals surface area contributed by atoms with Gasteiger partial charge in [-0.05, 0) is 96.3 Å². The maximum atomic E-state index is 12.7. The van der Waals surface area contributed by atoms with Crippen LogP contribution in [0.2, 0.25) is 0 Å². The highest BCUT2D eigenvalue weighted by Gasteiger charge is 2.26. The second-order valence-corrected chi connectivity index (χ2v) is 22.7. The summed E-state index contributed by atoms with van der Waals surface area (Å²) >= 11 is 0. The van der Waals surface area contributed by atoms with Gasteiger partial charge in [-0.2, -0.15) is 0 Å². The number of rotatable bonds is 60. The molecule has 0 aromatic rings. The molecular formula is C69H120NO8P. The fourth-order valence-corrected chi connectivity index (χ4v) is 9.72. The van der Waals surface area contributed by atoms with Crippen LogP contribution in [0.4, 0.5) is 0 Å². The second-order valence-electron chi connectivity index (χ2n) is 21.2. The van der Waals surface area contributed by atoms with Crippen molar-refractivity contribution >= 4 is 19.8 Å². The first-order valence-corrected chi connectivity index (χ1v) is 33.9. The van der Waals surface area contributed by atoms with Crippen molar-refractivity contribution < 1.29 is 37.6 Å². The molecule has 0 aliphatic heterocycles. The Morgan fingerprint density at radius 1 is 0.380 bits per heavy atom. The molecule has 0 heterocycles. The molecule has 2 atom stereocenters. The van der Waals surface area contributed by atoms with Crippen molar-refractivity contribution in [3.63, 3.8) is 0 Å². The van der Waals surface area contributed by atoms with E-state index < -0.39 is 26.5 Å².